The first-order valence-corrected chi connectivity index (χ1v) is 9.06. The zero-order chi connectivity index (χ0) is 17.8. The Balaban J connectivity index is 1.79. The van der Waals surface area contributed by atoms with Gasteiger partial charge in [0.2, 0.25) is 0 Å². The van der Waals surface area contributed by atoms with E-state index in [0.29, 0.717) is 16.5 Å². The van der Waals surface area contributed by atoms with Crippen LogP contribution < -0.4 is 14.9 Å². The van der Waals surface area contributed by atoms with E-state index in [-0.39, 0.29) is 24.8 Å². The number of nitrogens with one attached hydrogen (secondary N) is 2. The van der Waals surface area contributed by atoms with Crippen molar-refractivity contribution in [3.8, 4) is 0 Å². The third-order valence-corrected chi connectivity index (χ3v) is 5.52. The maximum Gasteiger partial charge on any atom is 0.409 e. The van der Waals surface area contributed by atoms with E-state index < -0.39 is 18.0 Å². The number of rotatable bonds is 2. The molecule has 1 saturated heterocycles. The van der Waals surface area contributed by atoms with Crippen molar-refractivity contribution in [3.63, 3.8) is 0 Å². The van der Waals surface area contributed by atoms with E-state index in [1.54, 1.807) is 0 Å². The molecule has 2 atom stereocenters. The number of nitrogens with zero attached hydrogens (tertiary/aromatic N) is 2. The monoisotopic (exact) mass is 374 g/mol. The summed E-state index contributed by atoms with van der Waals surface area (Å²) in [5, 5.41) is 2.86. The molecule has 2 N–H and O–H groups in total. The van der Waals surface area contributed by atoms with Crippen molar-refractivity contribution < 1.29 is 17.6 Å². The van der Waals surface area contributed by atoms with Gasteiger partial charge in [-0.3, -0.25) is 0 Å². The molecule has 0 amide bonds. The zero-order valence-electron chi connectivity index (χ0n) is 13.5. The number of piperazine rings is 1. The second kappa shape index (κ2) is 6.05. The maximum absolute atomic E-state index is 14.1. The molecule has 25 heavy (non-hydrogen) atoms. The lowest BCUT2D eigenvalue weighted by molar-refractivity contribution is -0.150. The molecule has 1 aromatic rings. The Morgan fingerprint density at radius 1 is 1.28 bits per heavy atom. The first kappa shape index (κ1) is 17.0. The fraction of sp³-hybridized carbons (Fsp3) is 0.562. The number of alkyl halides is 3. The average Bonchev–Trinajstić information content (AvgIpc) is 3.37. The molecule has 4 nitrogen and oxygen atoms in total. The van der Waals surface area contributed by atoms with Crippen LogP contribution in [0.25, 0.3) is 0 Å². The van der Waals surface area contributed by atoms with Gasteiger partial charge in [0, 0.05) is 25.0 Å². The highest BCUT2D eigenvalue weighted by atomic mass is 32.2. The van der Waals surface area contributed by atoms with E-state index in [9.17, 15) is 17.6 Å². The first-order chi connectivity index (χ1) is 11.8. The van der Waals surface area contributed by atoms with Gasteiger partial charge in [-0.15, -0.1) is 0 Å². The van der Waals surface area contributed by atoms with Crippen LogP contribution in [-0.2, 0) is 0 Å². The number of anilines is 1. The van der Waals surface area contributed by atoms with Crippen LogP contribution in [0.3, 0.4) is 0 Å². The van der Waals surface area contributed by atoms with Gasteiger partial charge in [0.05, 0.1) is 10.6 Å². The molecule has 136 valence electrons. The maximum atomic E-state index is 14.1. The normalized spacial score (nSPS) is 26.8. The third kappa shape index (κ3) is 3.31. The molecule has 0 unspecified atom stereocenters. The summed E-state index contributed by atoms with van der Waals surface area (Å²) >= 11 is 1.22. The van der Waals surface area contributed by atoms with Crippen molar-refractivity contribution in [2.24, 2.45) is 10.9 Å². The Morgan fingerprint density at radius 3 is 2.72 bits per heavy atom. The van der Waals surface area contributed by atoms with Gasteiger partial charge in [0.25, 0.3) is 0 Å². The Bertz CT molecular complexity index is 717. The largest absolute Gasteiger partial charge is 0.409 e. The van der Waals surface area contributed by atoms with Gasteiger partial charge in [-0.05, 0) is 43.8 Å². The van der Waals surface area contributed by atoms with Gasteiger partial charge in [0.1, 0.15) is 23.4 Å². The van der Waals surface area contributed by atoms with Crippen molar-refractivity contribution in [1.82, 2.24) is 10.0 Å². The number of amidine groups is 1. The molecular formula is C16H18F4N4S. The average molecular weight is 374 g/mol. The van der Waals surface area contributed by atoms with Gasteiger partial charge in [0.15, 0.2) is 0 Å². The minimum Gasteiger partial charge on any atom is -0.355 e. The van der Waals surface area contributed by atoms with Crippen molar-refractivity contribution in [1.29, 1.82) is 0 Å². The lowest BCUT2D eigenvalue weighted by Gasteiger charge is -2.42. The molecule has 1 aromatic carbocycles. The molecule has 2 fully saturated rings. The summed E-state index contributed by atoms with van der Waals surface area (Å²) in [7, 11) is 0. The number of halogens is 4. The summed E-state index contributed by atoms with van der Waals surface area (Å²) in [5.41, 5.74) is 0.660. The van der Waals surface area contributed by atoms with E-state index in [0.717, 1.165) is 18.7 Å². The minimum absolute atomic E-state index is 0.126. The highest BCUT2D eigenvalue weighted by Gasteiger charge is 2.47. The number of benzene rings is 1. The first-order valence-electron chi connectivity index (χ1n) is 8.24. The predicted molar refractivity (Wildman–Crippen MR) is 89.9 cm³/mol. The smallest absolute Gasteiger partial charge is 0.355 e. The van der Waals surface area contributed by atoms with Gasteiger partial charge in [-0.1, -0.05) is 0 Å². The molecular weight excluding hydrogens is 356 g/mol. The standard InChI is InChI=1S/C16H18F4N4S/c1-8-7-24(13(6-21-8)16(18,19)20)11-4-10(17)5-12-14(11)22-15(23-25-12)9-2-3-9/h4-5,8-9,13,21H,2-3,6-7H2,1H3,(H,22,23)/t8-,13+/m1/s1. The predicted octanol–water partition coefficient (Wildman–Crippen LogP) is 3.61. The second-order valence-electron chi connectivity index (χ2n) is 6.77. The minimum atomic E-state index is -4.41. The summed E-state index contributed by atoms with van der Waals surface area (Å²) in [5.74, 6) is 0.552. The molecule has 0 radical (unpaired) electrons. The van der Waals surface area contributed by atoms with Crippen LogP contribution in [0, 0.1) is 11.7 Å². The molecule has 0 spiro atoms. The third-order valence-electron chi connectivity index (χ3n) is 4.68. The van der Waals surface area contributed by atoms with Crippen LogP contribution in [0.15, 0.2) is 22.0 Å². The molecule has 0 bridgehead atoms. The molecule has 2 heterocycles. The van der Waals surface area contributed by atoms with Crippen LogP contribution >= 0.6 is 11.9 Å². The topological polar surface area (TPSA) is 39.7 Å². The number of hydrogen-bond donors (Lipinski definition) is 2. The second-order valence-corrected chi connectivity index (χ2v) is 7.61. The molecule has 4 rings (SSSR count). The van der Waals surface area contributed by atoms with Crippen molar-refractivity contribution in [2.45, 2.75) is 42.9 Å². The Labute approximate surface area is 147 Å². The Kier molecular flexibility index (Phi) is 4.10. The molecule has 1 saturated carbocycles. The van der Waals surface area contributed by atoms with Crippen LogP contribution in [-0.4, -0.2) is 37.2 Å². The van der Waals surface area contributed by atoms with Crippen LogP contribution in [0.1, 0.15) is 19.8 Å². The summed E-state index contributed by atoms with van der Waals surface area (Å²) in [4.78, 5) is 6.33. The number of aliphatic imine (C=N–C) groups is 1. The summed E-state index contributed by atoms with van der Waals surface area (Å²) in [6, 6.07) is 0.667. The van der Waals surface area contributed by atoms with E-state index >= 15 is 0 Å². The fourth-order valence-electron chi connectivity index (χ4n) is 3.22. The SMILES string of the molecule is C[C@@H]1CN(c2cc(F)cc3c2N=C(C2CC2)NS3)[C@H](C(F)(F)F)CN1. The Hall–Kier alpha value is -1.48. The molecule has 3 aliphatic rings. The molecule has 0 aromatic heterocycles. The highest BCUT2D eigenvalue weighted by molar-refractivity contribution is 7.98. The van der Waals surface area contributed by atoms with Gasteiger partial charge in [-0.2, -0.15) is 13.2 Å². The van der Waals surface area contributed by atoms with E-state index in [1.807, 2.05) is 6.92 Å². The fourth-order valence-corrected chi connectivity index (χ4v) is 4.07. The summed E-state index contributed by atoms with van der Waals surface area (Å²) < 4.78 is 57.7. The van der Waals surface area contributed by atoms with Gasteiger partial charge >= 0.3 is 6.18 Å². The van der Waals surface area contributed by atoms with Crippen molar-refractivity contribution in [2.75, 3.05) is 18.0 Å². The molecule has 2 aliphatic heterocycles. The van der Waals surface area contributed by atoms with Crippen LogP contribution in [0.4, 0.5) is 28.9 Å². The summed E-state index contributed by atoms with van der Waals surface area (Å²) in [6.07, 6.45) is -2.36. The van der Waals surface area contributed by atoms with Crippen molar-refractivity contribution >= 4 is 29.2 Å². The lowest BCUT2D eigenvalue weighted by atomic mass is 10.1. The van der Waals surface area contributed by atoms with Gasteiger partial charge < -0.3 is 14.9 Å². The van der Waals surface area contributed by atoms with Crippen LogP contribution in [0.5, 0.6) is 0 Å². The van der Waals surface area contributed by atoms with Crippen molar-refractivity contribution in [3.05, 3.63) is 17.9 Å². The quantitative estimate of drug-likeness (QED) is 0.613. The molecule has 1 aliphatic carbocycles. The highest BCUT2D eigenvalue weighted by Crippen LogP contribution is 2.45. The summed E-state index contributed by atoms with van der Waals surface area (Å²) in [6.45, 7) is 1.74. The lowest BCUT2D eigenvalue weighted by Crippen LogP contribution is -2.61. The van der Waals surface area contributed by atoms with Crippen LogP contribution in [0.2, 0.25) is 0 Å². The number of hydrogen-bond acceptors (Lipinski definition) is 5. The van der Waals surface area contributed by atoms with Gasteiger partial charge in [-0.25, -0.2) is 9.38 Å². The zero-order valence-corrected chi connectivity index (χ0v) is 14.3. The van der Waals surface area contributed by atoms with E-state index in [1.165, 1.54) is 29.0 Å². The van der Waals surface area contributed by atoms with E-state index in [4.69, 9.17) is 0 Å². The van der Waals surface area contributed by atoms with E-state index in [2.05, 4.69) is 15.0 Å². The Morgan fingerprint density at radius 2 is 2.04 bits per heavy atom. The number of fused-ring (bicyclic) bond motifs is 1. The molecule has 9 heteroatoms.